The Morgan fingerprint density at radius 2 is 1.95 bits per heavy atom. The third kappa shape index (κ3) is 2.98. The van der Waals surface area contributed by atoms with Crippen LogP contribution in [0.5, 0.6) is 0 Å². The molecule has 100 valence electrons. The molecule has 3 heterocycles. The maximum absolute atomic E-state index is 4.52. The fourth-order valence-corrected chi connectivity index (χ4v) is 2.51. The molecule has 3 rings (SSSR count). The van der Waals surface area contributed by atoms with Gasteiger partial charge in [0.15, 0.2) is 5.82 Å². The van der Waals surface area contributed by atoms with E-state index in [0.29, 0.717) is 0 Å². The first-order chi connectivity index (χ1) is 9.31. The molecule has 0 aliphatic carbocycles. The Morgan fingerprint density at radius 3 is 2.58 bits per heavy atom. The van der Waals surface area contributed by atoms with Crippen molar-refractivity contribution in [2.24, 2.45) is 5.92 Å². The van der Waals surface area contributed by atoms with Crippen molar-refractivity contribution in [3.05, 3.63) is 30.0 Å². The average Bonchev–Trinajstić information content (AvgIpc) is 2.87. The molecule has 0 atom stereocenters. The van der Waals surface area contributed by atoms with Gasteiger partial charge in [0, 0.05) is 18.1 Å². The van der Waals surface area contributed by atoms with Crippen LogP contribution in [0.25, 0.3) is 11.5 Å². The van der Waals surface area contributed by atoms with Crippen LogP contribution < -0.4 is 5.32 Å². The van der Waals surface area contributed by atoms with Gasteiger partial charge in [-0.3, -0.25) is 4.98 Å². The van der Waals surface area contributed by atoms with Crippen LogP contribution >= 0.6 is 0 Å². The molecule has 5 nitrogen and oxygen atoms in total. The highest BCUT2D eigenvalue weighted by Crippen LogP contribution is 2.17. The number of piperidine rings is 1. The standard InChI is InChI=1S/C14H19N5/c1-10-7-18-14(19-10)13-9-16-12(8-17-13)6-11-2-4-15-5-3-11/h7-9,11,15H,2-6H2,1H3,(H,18,19). The predicted molar refractivity (Wildman–Crippen MR) is 73.6 cm³/mol. The Balaban J connectivity index is 1.68. The Kier molecular flexibility index (Phi) is 3.55. The number of imidazole rings is 1. The van der Waals surface area contributed by atoms with E-state index in [4.69, 9.17) is 0 Å². The SMILES string of the molecule is Cc1cnc(-c2cnc(CC3CCNCC3)cn2)[nH]1. The largest absolute Gasteiger partial charge is 0.341 e. The first-order valence-electron chi connectivity index (χ1n) is 6.85. The van der Waals surface area contributed by atoms with Gasteiger partial charge in [-0.25, -0.2) is 9.97 Å². The highest BCUT2D eigenvalue weighted by molar-refractivity contribution is 5.47. The third-order valence-corrected chi connectivity index (χ3v) is 3.61. The van der Waals surface area contributed by atoms with Crippen molar-refractivity contribution in [3.63, 3.8) is 0 Å². The van der Waals surface area contributed by atoms with Crippen molar-refractivity contribution in [2.45, 2.75) is 26.2 Å². The van der Waals surface area contributed by atoms with Gasteiger partial charge in [0.1, 0.15) is 5.69 Å². The predicted octanol–water partition coefficient (Wildman–Crippen LogP) is 1.72. The molecule has 0 radical (unpaired) electrons. The van der Waals surface area contributed by atoms with E-state index in [2.05, 4.69) is 25.3 Å². The second-order valence-corrected chi connectivity index (χ2v) is 5.21. The van der Waals surface area contributed by atoms with Crippen LogP contribution in [0.4, 0.5) is 0 Å². The lowest BCUT2D eigenvalue weighted by Crippen LogP contribution is -2.28. The number of aromatic nitrogens is 4. The number of hydrogen-bond donors (Lipinski definition) is 2. The van der Waals surface area contributed by atoms with Gasteiger partial charge in [-0.05, 0) is 45.2 Å². The van der Waals surface area contributed by atoms with Gasteiger partial charge in [-0.1, -0.05) is 0 Å². The van der Waals surface area contributed by atoms with Crippen molar-refractivity contribution < 1.29 is 0 Å². The van der Waals surface area contributed by atoms with Crippen molar-refractivity contribution in [1.82, 2.24) is 25.3 Å². The van der Waals surface area contributed by atoms with Gasteiger partial charge in [-0.15, -0.1) is 0 Å². The Labute approximate surface area is 112 Å². The number of nitrogens with one attached hydrogen (secondary N) is 2. The fourth-order valence-electron chi connectivity index (χ4n) is 2.51. The van der Waals surface area contributed by atoms with Crippen molar-refractivity contribution >= 4 is 0 Å². The molecule has 2 N–H and O–H groups in total. The molecular formula is C14H19N5. The van der Waals surface area contributed by atoms with Gasteiger partial charge in [0.05, 0.1) is 11.9 Å². The normalized spacial score (nSPS) is 16.7. The molecule has 0 amide bonds. The second-order valence-electron chi connectivity index (χ2n) is 5.21. The molecule has 1 fully saturated rings. The molecule has 0 unspecified atom stereocenters. The zero-order chi connectivity index (χ0) is 13.1. The van der Waals surface area contributed by atoms with E-state index in [0.717, 1.165) is 48.3 Å². The maximum Gasteiger partial charge on any atom is 0.157 e. The summed E-state index contributed by atoms with van der Waals surface area (Å²) in [5, 5.41) is 3.38. The first kappa shape index (κ1) is 12.3. The maximum atomic E-state index is 4.52. The highest BCUT2D eigenvalue weighted by atomic mass is 15.0. The zero-order valence-electron chi connectivity index (χ0n) is 11.2. The second kappa shape index (κ2) is 5.48. The summed E-state index contributed by atoms with van der Waals surface area (Å²) in [6, 6.07) is 0. The van der Waals surface area contributed by atoms with Crippen molar-refractivity contribution in [1.29, 1.82) is 0 Å². The number of hydrogen-bond acceptors (Lipinski definition) is 4. The highest BCUT2D eigenvalue weighted by Gasteiger charge is 2.14. The van der Waals surface area contributed by atoms with Crippen LogP contribution in [0.15, 0.2) is 18.6 Å². The lowest BCUT2D eigenvalue weighted by Gasteiger charge is -2.21. The molecule has 1 aliphatic rings. The topological polar surface area (TPSA) is 66.5 Å². The quantitative estimate of drug-likeness (QED) is 0.878. The third-order valence-electron chi connectivity index (χ3n) is 3.61. The van der Waals surface area contributed by atoms with E-state index in [1.54, 1.807) is 6.20 Å². The van der Waals surface area contributed by atoms with Crippen molar-refractivity contribution in [3.8, 4) is 11.5 Å². The molecule has 19 heavy (non-hydrogen) atoms. The molecule has 0 aromatic carbocycles. The Hall–Kier alpha value is -1.75. The van der Waals surface area contributed by atoms with E-state index in [1.807, 2.05) is 19.3 Å². The number of rotatable bonds is 3. The molecule has 0 bridgehead atoms. The van der Waals surface area contributed by atoms with Gasteiger partial charge in [0.25, 0.3) is 0 Å². The molecular weight excluding hydrogens is 238 g/mol. The van der Waals surface area contributed by atoms with Gasteiger partial charge < -0.3 is 10.3 Å². The summed E-state index contributed by atoms with van der Waals surface area (Å²) in [4.78, 5) is 16.4. The van der Waals surface area contributed by atoms with Crippen LogP contribution in [-0.2, 0) is 6.42 Å². The van der Waals surface area contributed by atoms with Crippen LogP contribution in [-0.4, -0.2) is 33.0 Å². The minimum absolute atomic E-state index is 0.743. The smallest absolute Gasteiger partial charge is 0.157 e. The van der Waals surface area contributed by atoms with Crippen LogP contribution in [0.2, 0.25) is 0 Å². The minimum Gasteiger partial charge on any atom is -0.341 e. The van der Waals surface area contributed by atoms with E-state index in [9.17, 15) is 0 Å². The molecule has 5 heteroatoms. The van der Waals surface area contributed by atoms with Gasteiger partial charge >= 0.3 is 0 Å². The molecule has 0 spiro atoms. The number of H-pyrrole nitrogens is 1. The van der Waals surface area contributed by atoms with Crippen LogP contribution in [0.3, 0.4) is 0 Å². The van der Waals surface area contributed by atoms with Crippen LogP contribution in [0.1, 0.15) is 24.2 Å². The fraction of sp³-hybridized carbons (Fsp3) is 0.500. The summed E-state index contributed by atoms with van der Waals surface area (Å²) in [5.41, 5.74) is 2.93. The molecule has 1 saturated heterocycles. The lowest BCUT2D eigenvalue weighted by molar-refractivity contribution is 0.370. The number of nitrogens with zero attached hydrogens (tertiary/aromatic N) is 3. The van der Waals surface area contributed by atoms with E-state index in [1.165, 1.54) is 12.8 Å². The van der Waals surface area contributed by atoms with Gasteiger partial charge in [-0.2, -0.15) is 0 Å². The number of aryl methyl sites for hydroxylation is 1. The van der Waals surface area contributed by atoms with Crippen molar-refractivity contribution in [2.75, 3.05) is 13.1 Å². The lowest BCUT2D eigenvalue weighted by atomic mass is 9.93. The van der Waals surface area contributed by atoms with Crippen LogP contribution in [0, 0.1) is 12.8 Å². The van der Waals surface area contributed by atoms with E-state index < -0.39 is 0 Å². The molecule has 2 aromatic rings. The molecule has 1 aliphatic heterocycles. The zero-order valence-corrected chi connectivity index (χ0v) is 11.2. The molecule has 2 aromatic heterocycles. The summed E-state index contributed by atoms with van der Waals surface area (Å²) in [7, 11) is 0. The summed E-state index contributed by atoms with van der Waals surface area (Å²) < 4.78 is 0. The monoisotopic (exact) mass is 257 g/mol. The Bertz CT molecular complexity index is 525. The van der Waals surface area contributed by atoms with Gasteiger partial charge in [0.2, 0.25) is 0 Å². The summed E-state index contributed by atoms with van der Waals surface area (Å²) >= 11 is 0. The van der Waals surface area contributed by atoms with E-state index >= 15 is 0 Å². The van der Waals surface area contributed by atoms with E-state index in [-0.39, 0.29) is 0 Å². The minimum atomic E-state index is 0.743. The average molecular weight is 257 g/mol. The number of aromatic amines is 1. The Morgan fingerprint density at radius 1 is 1.11 bits per heavy atom. The molecule has 0 saturated carbocycles. The summed E-state index contributed by atoms with van der Waals surface area (Å²) in [5.74, 6) is 1.53. The summed E-state index contributed by atoms with van der Waals surface area (Å²) in [6.07, 6.45) is 9.01. The summed E-state index contributed by atoms with van der Waals surface area (Å²) in [6.45, 7) is 4.24. The first-order valence-corrected chi connectivity index (χ1v) is 6.85.